The number of rotatable bonds is 6. The average Bonchev–Trinajstić information content (AvgIpc) is 3.31. The third-order valence-electron chi connectivity index (χ3n) is 6.49. The summed E-state index contributed by atoms with van der Waals surface area (Å²) >= 11 is 5.64. The van der Waals surface area contributed by atoms with Gasteiger partial charge < -0.3 is 29.8 Å². The van der Waals surface area contributed by atoms with Crippen LogP contribution in [0.1, 0.15) is 30.4 Å². The zero-order valence-corrected chi connectivity index (χ0v) is 21.4. The number of nitrogens with zero attached hydrogens (tertiary/aromatic N) is 2. The predicted octanol–water partition coefficient (Wildman–Crippen LogP) is 4.84. The molecule has 204 valence electrons. The Bertz CT molecular complexity index is 1250. The van der Waals surface area contributed by atoms with E-state index in [0.717, 1.165) is 17.7 Å². The summed E-state index contributed by atoms with van der Waals surface area (Å²) in [5, 5.41) is 8.84. The second-order valence-electron chi connectivity index (χ2n) is 8.97. The zero-order chi connectivity index (χ0) is 27.5. The maximum atomic E-state index is 13.1. The molecule has 0 saturated carbocycles. The number of amides is 3. The van der Waals surface area contributed by atoms with Gasteiger partial charge in [-0.05, 0) is 35.9 Å². The van der Waals surface area contributed by atoms with Crippen LogP contribution < -0.4 is 20.1 Å². The number of benzene rings is 2. The highest BCUT2D eigenvalue weighted by Crippen LogP contribution is 2.37. The minimum absolute atomic E-state index is 0.0131. The number of hydrogen-bond donors (Lipinski definition) is 2. The van der Waals surface area contributed by atoms with Crippen LogP contribution in [-0.4, -0.2) is 55.5 Å². The first-order chi connectivity index (χ1) is 18.0. The lowest BCUT2D eigenvalue weighted by Gasteiger charge is -2.37. The Kier molecular flexibility index (Phi) is 7.91. The van der Waals surface area contributed by atoms with Crippen LogP contribution in [0.15, 0.2) is 41.6 Å². The topological polar surface area (TPSA) is 101 Å². The van der Waals surface area contributed by atoms with E-state index >= 15 is 0 Å². The molecular formula is C25H26ClF3N4O5. The molecule has 3 amide bonds. The fourth-order valence-corrected chi connectivity index (χ4v) is 4.55. The van der Waals surface area contributed by atoms with Crippen LogP contribution in [0, 0.1) is 0 Å². The minimum atomic E-state index is -4.64. The third kappa shape index (κ3) is 6.07. The lowest BCUT2D eigenvalue weighted by Crippen LogP contribution is -2.48. The molecule has 2 heterocycles. The first-order valence-corrected chi connectivity index (χ1v) is 12.1. The second-order valence-corrected chi connectivity index (χ2v) is 9.38. The van der Waals surface area contributed by atoms with Gasteiger partial charge in [-0.1, -0.05) is 22.8 Å². The summed E-state index contributed by atoms with van der Waals surface area (Å²) in [6, 6.07) is 7.98. The van der Waals surface area contributed by atoms with Crippen molar-refractivity contribution in [1.29, 1.82) is 0 Å². The number of methoxy groups -OCH3 is 2. The maximum Gasteiger partial charge on any atom is 0.417 e. The summed E-state index contributed by atoms with van der Waals surface area (Å²) in [7, 11) is 3.07. The number of carbonyl (C=O) groups excluding carboxylic acids is 2. The molecule has 0 unspecified atom stereocenters. The van der Waals surface area contributed by atoms with Gasteiger partial charge in [0, 0.05) is 44.6 Å². The van der Waals surface area contributed by atoms with Crippen molar-refractivity contribution in [3.63, 3.8) is 0 Å². The van der Waals surface area contributed by atoms with Crippen LogP contribution in [0.3, 0.4) is 0 Å². The van der Waals surface area contributed by atoms with Gasteiger partial charge in [-0.15, -0.1) is 0 Å². The first kappa shape index (κ1) is 27.4. The molecule has 9 nitrogen and oxygen atoms in total. The molecular weight excluding hydrogens is 529 g/mol. The lowest BCUT2D eigenvalue weighted by molar-refractivity contribution is -0.137. The fourth-order valence-electron chi connectivity index (χ4n) is 4.33. The molecule has 0 aromatic heterocycles. The maximum absolute atomic E-state index is 13.1. The number of anilines is 1. The SMILES string of the molecule is COc1ccc(CNC(=O)C2=NOC3(CCN(C(=O)Nc4ccc(Cl)c(C(F)(F)F)c4)CC3)C2)cc1OC. The van der Waals surface area contributed by atoms with Crippen molar-refractivity contribution >= 4 is 34.9 Å². The van der Waals surface area contributed by atoms with E-state index < -0.39 is 28.4 Å². The van der Waals surface area contributed by atoms with Gasteiger partial charge in [-0.2, -0.15) is 13.2 Å². The number of halogens is 4. The molecule has 2 aliphatic heterocycles. The van der Waals surface area contributed by atoms with Gasteiger partial charge in [-0.3, -0.25) is 4.79 Å². The van der Waals surface area contributed by atoms with Gasteiger partial charge >= 0.3 is 12.2 Å². The van der Waals surface area contributed by atoms with E-state index in [2.05, 4.69) is 15.8 Å². The monoisotopic (exact) mass is 554 g/mol. The summed E-state index contributed by atoms with van der Waals surface area (Å²) in [6.07, 6.45) is -3.54. The average molecular weight is 555 g/mol. The smallest absolute Gasteiger partial charge is 0.417 e. The van der Waals surface area contributed by atoms with Gasteiger partial charge in [-0.25, -0.2) is 4.79 Å². The van der Waals surface area contributed by atoms with E-state index in [9.17, 15) is 22.8 Å². The standard InChI is InChI=1S/C25H26ClF3N4O5/c1-36-20-6-3-15(11-21(20)37-2)14-30-22(34)19-13-24(38-32-19)7-9-33(10-8-24)23(35)31-16-4-5-18(26)17(12-16)25(27,28)29/h3-6,11-12H,7-10,13-14H2,1-2H3,(H,30,34)(H,31,35). The molecule has 38 heavy (non-hydrogen) atoms. The van der Waals surface area contributed by atoms with Crippen LogP contribution in [0.5, 0.6) is 11.5 Å². The molecule has 13 heteroatoms. The Labute approximate surface area is 221 Å². The van der Waals surface area contributed by atoms with E-state index in [1.165, 1.54) is 25.2 Å². The van der Waals surface area contributed by atoms with E-state index in [1.54, 1.807) is 12.1 Å². The van der Waals surface area contributed by atoms with Crippen molar-refractivity contribution in [2.45, 2.75) is 37.6 Å². The molecule has 4 rings (SSSR count). The van der Waals surface area contributed by atoms with E-state index in [0.29, 0.717) is 24.3 Å². The number of ether oxygens (including phenoxy) is 2. The molecule has 2 N–H and O–H groups in total. The van der Waals surface area contributed by atoms with Crippen LogP contribution >= 0.6 is 11.6 Å². The van der Waals surface area contributed by atoms with Gasteiger partial charge in [0.25, 0.3) is 5.91 Å². The molecule has 2 aliphatic rings. The quantitative estimate of drug-likeness (QED) is 0.532. The molecule has 1 spiro atoms. The van der Waals surface area contributed by atoms with Crippen LogP contribution in [0.4, 0.5) is 23.7 Å². The lowest BCUT2D eigenvalue weighted by atomic mass is 9.87. The largest absolute Gasteiger partial charge is 0.493 e. The highest BCUT2D eigenvalue weighted by atomic mass is 35.5. The van der Waals surface area contributed by atoms with E-state index in [4.69, 9.17) is 25.9 Å². The number of carbonyl (C=O) groups is 2. The molecule has 2 aromatic rings. The number of likely N-dealkylation sites (tertiary alicyclic amines) is 1. The molecule has 0 radical (unpaired) electrons. The summed E-state index contributed by atoms with van der Waals surface area (Å²) in [4.78, 5) is 32.4. The van der Waals surface area contributed by atoms with Crippen molar-refractivity contribution in [3.05, 3.63) is 52.5 Å². The van der Waals surface area contributed by atoms with Crippen LogP contribution in [0.2, 0.25) is 5.02 Å². The summed E-state index contributed by atoms with van der Waals surface area (Å²) in [5.41, 5.74) is -0.683. The van der Waals surface area contributed by atoms with Gasteiger partial charge in [0.2, 0.25) is 0 Å². The zero-order valence-electron chi connectivity index (χ0n) is 20.7. The number of alkyl halides is 3. The molecule has 0 bridgehead atoms. The fraction of sp³-hybridized carbons (Fsp3) is 0.400. The molecule has 1 fully saturated rings. The normalized spacial score (nSPS) is 16.5. The summed E-state index contributed by atoms with van der Waals surface area (Å²) in [5.74, 6) is 0.768. The number of urea groups is 1. The first-order valence-electron chi connectivity index (χ1n) is 11.7. The number of nitrogens with one attached hydrogen (secondary N) is 2. The van der Waals surface area contributed by atoms with Gasteiger partial charge in [0.15, 0.2) is 11.5 Å². The molecule has 0 aliphatic carbocycles. The summed E-state index contributed by atoms with van der Waals surface area (Å²) in [6.45, 7) is 0.809. The highest BCUT2D eigenvalue weighted by Gasteiger charge is 2.44. The Morgan fingerprint density at radius 2 is 1.82 bits per heavy atom. The van der Waals surface area contributed by atoms with Crippen LogP contribution in [-0.2, 0) is 22.4 Å². The molecule has 1 saturated heterocycles. The van der Waals surface area contributed by atoms with Crippen molar-refractivity contribution in [2.24, 2.45) is 5.16 Å². The predicted molar refractivity (Wildman–Crippen MR) is 134 cm³/mol. The van der Waals surface area contributed by atoms with Crippen molar-refractivity contribution in [2.75, 3.05) is 32.6 Å². The van der Waals surface area contributed by atoms with Gasteiger partial charge in [0.05, 0.1) is 24.8 Å². The van der Waals surface area contributed by atoms with Crippen molar-refractivity contribution < 1.29 is 37.1 Å². The van der Waals surface area contributed by atoms with Crippen LogP contribution in [0.25, 0.3) is 0 Å². The number of oxime groups is 1. The Hall–Kier alpha value is -3.67. The Balaban J connectivity index is 1.27. The van der Waals surface area contributed by atoms with E-state index in [-0.39, 0.29) is 43.4 Å². The molecule has 2 aromatic carbocycles. The molecule has 0 atom stereocenters. The van der Waals surface area contributed by atoms with Crippen molar-refractivity contribution in [1.82, 2.24) is 10.2 Å². The van der Waals surface area contributed by atoms with E-state index in [1.807, 2.05) is 6.07 Å². The Morgan fingerprint density at radius 3 is 2.47 bits per heavy atom. The third-order valence-corrected chi connectivity index (χ3v) is 6.82. The summed E-state index contributed by atoms with van der Waals surface area (Å²) < 4.78 is 49.8. The highest BCUT2D eigenvalue weighted by molar-refractivity contribution is 6.39. The number of piperidine rings is 1. The minimum Gasteiger partial charge on any atom is -0.493 e. The number of hydrogen-bond acceptors (Lipinski definition) is 6. The second kappa shape index (κ2) is 11.0. The Morgan fingerprint density at radius 1 is 1.11 bits per heavy atom. The van der Waals surface area contributed by atoms with Crippen molar-refractivity contribution in [3.8, 4) is 11.5 Å². The van der Waals surface area contributed by atoms with Gasteiger partial charge in [0.1, 0.15) is 11.3 Å².